The SMILES string of the molecule is CN(CCNC(=O)[C@H](N)c1ccccc1)c1ccccc1. The lowest BCUT2D eigenvalue weighted by atomic mass is 10.1. The average molecular weight is 283 g/mol. The van der Waals surface area contributed by atoms with Gasteiger partial charge in [-0.15, -0.1) is 0 Å². The number of nitrogens with one attached hydrogen (secondary N) is 1. The summed E-state index contributed by atoms with van der Waals surface area (Å²) in [5.74, 6) is -0.150. The third-order valence-electron chi connectivity index (χ3n) is 3.38. The number of amides is 1. The maximum atomic E-state index is 12.0. The predicted octanol–water partition coefficient (Wildman–Crippen LogP) is 1.94. The van der Waals surface area contributed by atoms with Crippen LogP contribution in [0.5, 0.6) is 0 Å². The van der Waals surface area contributed by atoms with Crippen molar-refractivity contribution in [2.24, 2.45) is 5.73 Å². The number of nitrogens with two attached hydrogens (primary N) is 1. The summed E-state index contributed by atoms with van der Waals surface area (Å²) in [5, 5.41) is 2.88. The van der Waals surface area contributed by atoms with Gasteiger partial charge >= 0.3 is 0 Å². The minimum atomic E-state index is -0.617. The molecule has 0 aliphatic heterocycles. The molecule has 0 radical (unpaired) electrons. The Labute approximate surface area is 125 Å². The van der Waals surface area contributed by atoms with E-state index in [4.69, 9.17) is 5.73 Å². The largest absolute Gasteiger partial charge is 0.373 e. The number of hydrogen-bond donors (Lipinski definition) is 2. The third-order valence-corrected chi connectivity index (χ3v) is 3.38. The van der Waals surface area contributed by atoms with Gasteiger partial charge in [-0.3, -0.25) is 4.79 Å². The summed E-state index contributed by atoms with van der Waals surface area (Å²) >= 11 is 0. The van der Waals surface area contributed by atoms with Gasteiger partial charge in [-0.05, 0) is 17.7 Å². The van der Waals surface area contributed by atoms with E-state index in [1.165, 1.54) is 0 Å². The Morgan fingerprint density at radius 3 is 2.29 bits per heavy atom. The van der Waals surface area contributed by atoms with Gasteiger partial charge in [0.05, 0.1) is 0 Å². The van der Waals surface area contributed by atoms with Crippen molar-refractivity contribution >= 4 is 11.6 Å². The smallest absolute Gasteiger partial charge is 0.241 e. The van der Waals surface area contributed by atoms with Crippen LogP contribution in [0.4, 0.5) is 5.69 Å². The molecule has 0 unspecified atom stereocenters. The van der Waals surface area contributed by atoms with Gasteiger partial charge in [0.2, 0.25) is 5.91 Å². The quantitative estimate of drug-likeness (QED) is 0.852. The van der Waals surface area contributed by atoms with E-state index >= 15 is 0 Å². The first-order valence-electron chi connectivity index (χ1n) is 7.03. The molecular weight excluding hydrogens is 262 g/mol. The predicted molar refractivity (Wildman–Crippen MR) is 86.1 cm³/mol. The fourth-order valence-corrected chi connectivity index (χ4v) is 2.08. The van der Waals surface area contributed by atoms with Crippen LogP contribution in [0.3, 0.4) is 0 Å². The number of benzene rings is 2. The van der Waals surface area contributed by atoms with Crippen molar-refractivity contribution in [2.45, 2.75) is 6.04 Å². The fraction of sp³-hybridized carbons (Fsp3) is 0.235. The van der Waals surface area contributed by atoms with Crippen molar-refractivity contribution in [3.63, 3.8) is 0 Å². The Balaban J connectivity index is 1.79. The highest BCUT2D eigenvalue weighted by Crippen LogP contribution is 2.11. The third kappa shape index (κ3) is 4.33. The topological polar surface area (TPSA) is 58.4 Å². The van der Waals surface area contributed by atoms with Gasteiger partial charge in [-0.1, -0.05) is 48.5 Å². The molecule has 0 bridgehead atoms. The van der Waals surface area contributed by atoms with Gasteiger partial charge in [-0.2, -0.15) is 0 Å². The summed E-state index contributed by atoms with van der Waals surface area (Å²) in [5.41, 5.74) is 7.89. The summed E-state index contributed by atoms with van der Waals surface area (Å²) in [6.45, 7) is 1.29. The number of carbonyl (C=O) groups excluding carboxylic acids is 1. The molecule has 0 aliphatic rings. The van der Waals surface area contributed by atoms with Crippen LogP contribution >= 0.6 is 0 Å². The second kappa shape index (κ2) is 7.45. The zero-order chi connectivity index (χ0) is 15.1. The van der Waals surface area contributed by atoms with E-state index in [2.05, 4.69) is 10.2 Å². The summed E-state index contributed by atoms with van der Waals surface area (Å²) in [6.07, 6.45) is 0. The zero-order valence-electron chi connectivity index (χ0n) is 12.2. The first kappa shape index (κ1) is 15.1. The maximum absolute atomic E-state index is 12.0. The zero-order valence-corrected chi connectivity index (χ0v) is 12.2. The molecule has 3 N–H and O–H groups in total. The molecule has 2 rings (SSSR count). The number of anilines is 1. The van der Waals surface area contributed by atoms with Gasteiger partial charge in [0.15, 0.2) is 0 Å². The molecule has 0 saturated carbocycles. The molecular formula is C17H21N3O. The summed E-state index contributed by atoms with van der Waals surface area (Å²) in [6, 6.07) is 18.8. The van der Waals surface area contributed by atoms with Crippen molar-refractivity contribution in [1.29, 1.82) is 0 Å². The lowest BCUT2D eigenvalue weighted by Crippen LogP contribution is -2.38. The van der Waals surface area contributed by atoms with E-state index in [1.807, 2.05) is 67.7 Å². The second-order valence-electron chi connectivity index (χ2n) is 4.94. The molecule has 1 atom stereocenters. The first-order valence-corrected chi connectivity index (χ1v) is 7.03. The fourth-order valence-electron chi connectivity index (χ4n) is 2.08. The van der Waals surface area contributed by atoms with Crippen LogP contribution in [0.25, 0.3) is 0 Å². The van der Waals surface area contributed by atoms with Crippen molar-refractivity contribution in [3.05, 3.63) is 66.2 Å². The summed E-state index contributed by atoms with van der Waals surface area (Å²) in [4.78, 5) is 14.1. The van der Waals surface area contributed by atoms with E-state index in [0.717, 1.165) is 17.8 Å². The molecule has 110 valence electrons. The highest BCUT2D eigenvalue weighted by atomic mass is 16.2. The van der Waals surface area contributed by atoms with Crippen LogP contribution in [0, 0.1) is 0 Å². The van der Waals surface area contributed by atoms with E-state index in [1.54, 1.807) is 0 Å². The Morgan fingerprint density at radius 2 is 1.67 bits per heavy atom. The lowest BCUT2D eigenvalue weighted by Gasteiger charge is -2.20. The highest BCUT2D eigenvalue weighted by molar-refractivity contribution is 5.82. The van der Waals surface area contributed by atoms with Crippen LogP contribution < -0.4 is 16.0 Å². The second-order valence-corrected chi connectivity index (χ2v) is 4.94. The molecule has 4 heteroatoms. The van der Waals surface area contributed by atoms with Crippen molar-refractivity contribution in [1.82, 2.24) is 5.32 Å². The normalized spacial score (nSPS) is 11.7. The molecule has 1 amide bonds. The van der Waals surface area contributed by atoms with E-state index in [-0.39, 0.29) is 5.91 Å². The number of likely N-dealkylation sites (N-methyl/N-ethyl adjacent to an activating group) is 1. The molecule has 0 aliphatic carbocycles. The van der Waals surface area contributed by atoms with Crippen LogP contribution in [0.1, 0.15) is 11.6 Å². The minimum absolute atomic E-state index is 0.150. The molecule has 0 heterocycles. The first-order chi connectivity index (χ1) is 10.2. The van der Waals surface area contributed by atoms with Gasteiger partial charge in [-0.25, -0.2) is 0 Å². The number of carbonyl (C=O) groups is 1. The molecule has 21 heavy (non-hydrogen) atoms. The van der Waals surface area contributed by atoms with Gasteiger partial charge in [0.1, 0.15) is 6.04 Å². The van der Waals surface area contributed by atoms with E-state index < -0.39 is 6.04 Å². The monoisotopic (exact) mass is 283 g/mol. The van der Waals surface area contributed by atoms with Gasteiger partial charge < -0.3 is 16.0 Å². The lowest BCUT2D eigenvalue weighted by molar-refractivity contribution is -0.122. The molecule has 0 fully saturated rings. The van der Waals surface area contributed by atoms with Crippen LogP contribution in [-0.2, 0) is 4.79 Å². The molecule has 4 nitrogen and oxygen atoms in total. The molecule has 0 saturated heterocycles. The Morgan fingerprint density at radius 1 is 1.10 bits per heavy atom. The Bertz CT molecular complexity index is 557. The van der Waals surface area contributed by atoms with E-state index in [0.29, 0.717) is 6.54 Å². The van der Waals surface area contributed by atoms with Crippen LogP contribution in [0.15, 0.2) is 60.7 Å². The maximum Gasteiger partial charge on any atom is 0.241 e. The molecule has 0 spiro atoms. The molecule has 2 aromatic rings. The summed E-state index contributed by atoms with van der Waals surface area (Å²) < 4.78 is 0. The minimum Gasteiger partial charge on any atom is -0.373 e. The number of para-hydroxylation sites is 1. The van der Waals surface area contributed by atoms with Gasteiger partial charge in [0.25, 0.3) is 0 Å². The van der Waals surface area contributed by atoms with Crippen molar-refractivity contribution in [3.8, 4) is 0 Å². The number of nitrogens with zero attached hydrogens (tertiary/aromatic N) is 1. The number of rotatable bonds is 6. The van der Waals surface area contributed by atoms with Gasteiger partial charge in [0, 0.05) is 25.8 Å². The molecule has 2 aromatic carbocycles. The van der Waals surface area contributed by atoms with E-state index in [9.17, 15) is 4.79 Å². The number of hydrogen-bond acceptors (Lipinski definition) is 3. The molecule has 0 aromatic heterocycles. The van der Waals surface area contributed by atoms with Crippen molar-refractivity contribution < 1.29 is 4.79 Å². The summed E-state index contributed by atoms with van der Waals surface area (Å²) in [7, 11) is 2.00. The highest BCUT2D eigenvalue weighted by Gasteiger charge is 2.14. The average Bonchev–Trinajstić information content (AvgIpc) is 2.55. The Kier molecular flexibility index (Phi) is 5.35. The van der Waals surface area contributed by atoms with Crippen LogP contribution in [0.2, 0.25) is 0 Å². The van der Waals surface area contributed by atoms with Crippen molar-refractivity contribution in [2.75, 3.05) is 25.0 Å². The standard InChI is InChI=1S/C17H21N3O/c1-20(15-10-6-3-7-11-15)13-12-19-17(21)16(18)14-8-4-2-5-9-14/h2-11,16H,12-13,18H2,1H3,(H,19,21)/t16-/m1/s1. The van der Waals surface area contributed by atoms with Crippen LogP contribution in [-0.4, -0.2) is 26.0 Å². The Hall–Kier alpha value is -2.33.